The third kappa shape index (κ3) is 3.34. The number of benzene rings is 1. The van der Waals surface area contributed by atoms with Crippen molar-refractivity contribution in [3.8, 4) is 0 Å². The molecule has 2 aromatic heterocycles. The highest BCUT2D eigenvalue weighted by Gasteiger charge is 2.31. The molecule has 7 nitrogen and oxygen atoms in total. The van der Waals surface area contributed by atoms with E-state index in [1.165, 1.54) is 0 Å². The average Bonchev–Trinajstić information content (AvgIpc) is 3.07. The number of carbonyl (C=O) groups is 1. The van der Waals surface area contributed by atoms with E-state index in [0.29, 0.717) is 18.1 Å². The highest BCUT2D eigenvalue weighted by Crippen LogP contribution is 2.28. The molecule has 1 amide bonds. The summed E-state index contributed by atoms with van der Waals surface area (Å²) in [6, 6.07) is 11.0. The first-order valence-electron chi connectivity index (χ1n) is 8.51. The molecule has 1 N–H and O–H groups in total. The van der Waals surface area contributed by atoms with E-state index in [9.17, 15) is 4.79 Å². The lowest BCUT2D eigenvalue weighted by molar-refractivity contribution is -0.122. The number of hydrogen-bond donors (Lipinski definition) is 1. The molecule has 3 aromatic rings. The number of fused-ring (bicyclic) bond motifs is 1. The van der Waals surface area contributed by atoms with Crippen LogP contribution < -0.4 is 5.32 Å². The number of rotatable bonds is 4. The van der Waals surface area contributed by atoms with E-state index in [4.69, 9.17) is 4.52 Å². The topological polar surface area (TPSA) is 84.2 Å². The van der Waals surface area contributed by atoms with E-state index >= 15 is 0 Å². The summed E-state index contributed by atoms with van der Waals surface area (Å²) in [7, 11) is 0. The molecule has 132 valence electrons. The molecule has 1 aliphatic heterocycles. The minimum absolute atomic E-state index is 0.137. The van der Waals surface area contributed by atoms with Crippen LogP contribution in [-0.4, -0.2) is 32.5 Å². The van der Waals surface area contributed by atoms with Crippen LogP contribution in [-0.2, 0) is 17.8 Å². The Bertz CT molecular complexity index is 909. The predicted molar refractivity (Wildman–Crippen MR) is 95.2 cm³/mol. The minimum Gasteiger partial charge on any atom is -0.360 e. The van der Waals surface area contributed by atoms with E-state index in [-0.39, 0.29) is 5.91 Å². The first kappa shape index (κ1) is 16.4. The highest BCUT2D eigenvalue weighted by atomic mass is 16.5. The van der Waals surface area contributed by atoms with Crippen molar-refractivity contribution in [2.24, 2.45) is 0 Å². The van der Waals surface area contributed by atoms with Gasteiger partial charge in [-0.05, 0) is 24.5 Å². The van der Waals surface area contributed by atoms with Gasteiger partial charge in [-0.2, -0.15) is 0 Å². The molecule has 3 heterocycles. The number of aryl methyl sites for hydroxylation is 1. The van der Waals surface area contributed by atoms with Crippen LogP contribution in [0.3, 0.4) is 0 Å². The number of nitrogens with one attached hydrogen (secondary N) is 1. The lowest BCUT2D eigenvalue weighted by Gasteiger charge is -2.34. The SMILES string of the molecule is Cc1cc(NC(=O)[C@H](c2ccccc2)N2CCc3cncnc3C2)no1. The summed E-state index contributed by atoms with van der Waals surface area (Å²) in [6.07, 6.45) is 4.23. The Hall–Kier alpha value is -3.06. The molecule has 0 radical (unpaired) electrons. The Morgan fingerprint density at radius 3 is 2.92 bits per heavy atom. The fraction of sp³-hybridized carbons (Fsp3) is 0.263. The maximum atomic E-state index is 13.1. The van der Waals surface area contributed by atoms with E-state index in [1.54, 1.807) is 19.3 Å². The summed E-state index contributed by atoms with van der Waals surface area (Å²) in [5.74, 6) is 0.940. The van der Waals surface area contributed by atoms with Crippen molar-refractivity contribution in [1.29, 1.82) is 0 Å². The molecule has 0 bridgehead atoms. The van der Waals surface area contributed by atoms with Crippen LogP contribution in [0.1, 0.15) is 28.6 Å². The van der Waals surface area contributed by atoms with Gasteiger partial charge >= 0.3 is 0 Å². The quantitative estimate of drug-likeness (QED) is 0.779. The summed E-state index contributed by atoms with van der Waals surface area (Å²) in [4.78, 5) is 23.7. The summed E-state index contributed by atoms with van der Waals surface area (Å²) >= 11 is 0. The van der Waals surface area contributed by atoms with Crippen molar-refractivity contribution in [2.75, 3.05) is 11.9 Å². The number of nitrogens with zero attached hydrogens (tertiary/aromatic N) is 4. The van der Waals surface area contributed by atoms with Crippen LogP contribution >= 0.6 is 0 Å². The van der Waals surface area contributed by atoms with Gasteiger partial charge in [0.05, 0.1) is 5.69 Å². The second-order valence-electron chi connectivity index (χ2n) is 6.34. The Kier molecular flexibility index (Phi) is 4.45. The van der Waals surface area contributed by atoms with Gasteiger partial charge in [-0.3, -0.25) is 9.69 Å². The molecule has 7 heteroatoms. The molecule has 0 saturated heterocycles. The van der Waals surface area contributed by atoms with Crippen LogP contribution in [0.15, 0.2) is 53.4 Å². The van der Waals surface area contributed by atoms with Crippen molar-refractivity contribution in [3.05, 3.63) is 71.5 Å². The van der Waals surface area contributed by atoms with Crippen molar-refractivity contribution in [3.63, 3.8) is 0 Å². The second kappa shape index (κ2) is 7.05. The fourth-order valence-corrected chi connectivity index (χ4v) is 3.27. The number of aromatic nitrogens is 3. The number of hydrogen-bond acceptors (Lipinski definition) is 6. The Labute approximate surface area is 151 Å². The maximum absolute atomic E-state index is 13.1. The number of carbonyl (C=O) groups excluding carboxylic acids is 1. The van der Waals surface area contributed by atoms with Gasteiger partial charge in [0, 0.05) is 25.4 Å². The van der Waals surface area contributed by atoms with E-state index in [1.807, 2.05) is 36.5 Å². The summed E-state index contributed by atoms with van der Waals surface area (Å²) in [5.41, 5.74) is 3.04. The van der Waals surface area contributed by atoms with Gasteiger partial charge in [0.1, 0.15) is 18.1 Å². The van der Waals surface area contributed by atoms with Gasteiger partial charge in [0.25, 0.3) is 0 Å². The normalized spacial score (nSPS) is 15.3. The molecule has 1 aromatic carbocycles. The zero-order valence-electron chi connectivity index (χ0n) is 14.4. The lowest BCUT2D eigenvalue weighted by Crippen LogP contribution is -2.40. The molecule has 1 atom stereocenters. The summed E-state index contributed by atoms with van der Waals surface area (Å²) < 4.78 is 5.05. The molecule has 4 rings (SSSR count). The van der Waals surface area contributed by atoms with Gasteiger partial charge in [-0.25, -0.2) is 9.97 Å². The Balaban J connectivity index is 1.62. The highest BCUT2D eigenvalue weighted by molar-refractivity contribution is 5.94. The van der Waals surface area contributed by atoms with Gasteiger partial charge in [-0.15, -0.1) is 0 Å². The largest absolute Gasteiger partial charge is 0.360 e. The molecular formula is C19H19N5O2. The van der Waals surface area contributed by atoms with Crippen molar-refractivity contribution in [2.45, 2.75) is 25.9 Å². The molecule has 26 heavy (non-hydrogen) atoms. The van der Waals surface area contributed by atoms with E-state index in [2.05, 4.69) is 25.3 Å². The van der Waals surface area contributed by atoms with Crippen molar-refractivity contribution >= 4 is 11.7 Å². The van der Waals surface area contributed by atoms with Gasteiger partial charge in [0.15, 0.2) is 5.82 Å². The zero-order chi connectivity index (χ0) is 17.9. The van der Waals surface area contributed by atoms with Crippen molar-refractivity contribution < 1.29 is 9.32 Å². The molecule has 0 spiro atoms. The van der Waals surface area contributed by atoms with Crippen LogP contribution in [0.2, 0.25) is 0 Å². The van der Waals surface area contributed by atoms with Gasteiger partial charge in [-0.1, -0.05) is 35.5 Å². The predicted octanol–water partition coefficient (Wildman–Crippen LogP) is 2.51. The molecule has 0 fully saturated rings. The molecule has 0 unspecified atom stereocenters. The smallest absolute Gasteiger partial charge is 0.247 e. The van der Waals surface area contributed by atoms with Crippen molar-refractivity contribution in [1.82, 2.24) is 20.0 Å². The fourth-order valence-electron chi connectivity index (χ4n) is 3.27. The van der Waals surface area contributed by atoms with Crippen LogP contribution in [0.5, 0.6) is 0 Å². The van der Waals surface area contributed by atoms with Crippen LogP contribution in [0, 0.1) is 6.92 Å². The summed E-state index contributed by atoms with van der Waals surface area (Å²) in [6.45, 7) is 3.15. The van der Waals surface area contributed by atoms with Crippen LogP contribution in [0.25, 0.3) is 0 Å². The lowest BCUT2D eigenvalue weighted by atomic mass is 9.99. The molecular weight excluding hydrogens is 330 g/mol. The molecule has 0 aliphatic carbocycles. The van der Waals surface area contributed by atoms with E-state index in [0.717, 1.165) is 29.8 Å². The first-order chi connectivity index (χ1) is 12.7. The Morgan fingerprint density at radius 1 is 1.31 bits per heavy atom. The number of anilines is 1. The van der Waals surface area contributed by atoms with E-state index < -0.39 is 6.04 Å². The monoisotopic (exact) mass is 349 g/mol. The third-order valence-electron chi connectivity index (χ3n) is 4.51. The van der Waals surface area contributed by atoms with Gasteiger partial charge < -0.3 is 9.84 Å². The third-order valence-corrected chi connectivity index (χ3v) is 4.51. The first-order valence-corrected chi connectivity index (χ1v) is 8.51. The molecule has 0 saturated carbocycles. The standard InChI is InChI=1S/C19H19N5O2/c1-13-9-17(23-26-13)22-19(25)18(14-5-3-2-4-6-14)24-8-7-15-10-20-12-21-16(15)11-24/h2-6,9-10,12,18H,7-8,11H2,1H3,(H,22,23,25)/t18-/m0/s1. The van der Waals surface area contributed by atoms with Crippen LogP contribution in [0.4, 0.5) is 5.82 Å². The minimum atomic E-state index is -0.434. The Morgan fingerprint density at radius 2 is 2.15 bits per heavy atom. The zero-order valence-corrected chi connectivity index (χ0v) is 14.4. The summed E-state index contributed by atoms with van der Waals surface area (Å²) in [5, 5.41) is 6.73. The average molecular weight is 349 g/mol. The van der Waals surface area contributed by atoms with Gasteiger partial charge in [0.2, 0.25) is 5.91 Å². The molecule has 1 aliphatic rings. The second-order valence-corrected chi connectivity index (χ2v) is 6.34. The number of amides is 1. The maximum Gasteiger partial charge on any atom is 0.247 e.